The first-order valence-electron chi connectivity index (χ1n) is 4.48. The highest BCUT2D eigenvalue weighted by molar-refractivity contribution is 7.95. The maximum absolute atomic E-state index is 10.8. The summed E-state index contributed by atoms with van der Waals surface area (Å²) in [6, 6.07) is 0. The van der Waals surface area contributed by atoms with Crippen LogP contribution in [0.4, 0.5) is 4.79 Å². The van der Waals surface area contributed by atoms with Crippen LogP contribution in [-0.4, -0.2) is 30.6 Å². The van der Waals surface area contributed by atoms with E-state index in [-0.39, 0.29) is 6.09 Å². The predicted molar refractivity (Wildman–Crippen MR) is 53.1 cm³/mol. The molecule has 13 heavy (non-hydrogen) atoms. The maximum Gasteiger partial charge on any atom is 0.417 e. The Labute approximate surface area is 83.3 Å². The normalized spacial score (nSPS) is 24.0. The number of rotatable bonds is 2. The van der Waals surface area contributed by atoms with Gasteiger partial charge in [0.15, 0.2) is 0 Å². The van der Waals surface area contributed by atoms with Crippen LogP contribution < -0.4 is 4.72 Å². The summed E-state index contributed by atoms with van der Waals surface area (Å²) in [5, 5.41) is 0. The fourth-order valence-electron chi connectivity index (χ4n) is 1.37. The Morgan fingerprint density at radius 2 is 2.46 bits per heavy atom. The molecule has 0 spiro atoms. The van der Waals surface area contributed by atoms with Gasteiger partial charge in [0, 0.05) is 25.2 Å². The fraction of sp³-hybridized carbons (Fsp3) is 0.875. The third-order valence-corrected chi connectivity index (χ3v) is 2.91. The minimum atomic E-state index is -0.386. The highest BCUT2D eigenvalue weighted by Gasteiger charge is 2.17. The summed E-state index contributed by atoms with van der Waals surface area (Å²) in [6.07, 6.45) is 2.11. The molecule has 1 aliphatic rings. The molecule has 0 radical (unpaired) electrons. The standard InChI is InChI=1S/C8H16N2O2S/c1-7-4-3-5-10(6-7)13-9-8(11)12-2/h7H,3-6H2,1-2H3,(H,9,11). The first-order valence-corrected chi connectivity index (χ1v) is 5.25. The number of ether oxygens (including phenoxy) is 1. The van der Waals surface area contributed by atoms with Crippen molar-refractivity contribution in [3.8, 4) is 0 Å². The second-order valence-electron chi connectivity index (χ2n) is 3.32. The van der Waals surface area contributed by atoms with E-state index in [0.717, 1.165) is 19.0 Å². The average Bonchev–Trinajstić information content (AvgIpc) is 2.14. The lowest BCUT2D eigenvalue weighted by atomic mass is 10.0. The number of carbonyl (C=O) groups excluding carboxylic acids is 1. The second kappa shape index (κ2) is 5.34. The molecule has 1 aliphatic heterocycles. The van der Waals surface area contributed by atoms with Gasteiger partial charge in [0.2, 0.25) is 0 Å². The quantitative estimate of drug-likeness (QED) is 0.694. The Bertz CT molecular complexity index is 178. The Morgan fingerprint density at radius 3 is 3.08 bits per heavy atom. The van der Waals surface area contributed by atoms with Crippen molar-refractivity contribution in [2.24, 2.45) is 5.92 Å². The number of hydrogen-bond acceptors (Lipinski definition) is 4. The van der Waals surface area contributed by atoms with E-state index in [4.69, 9.17) is 0 Å². The summed E-state index contributed by atoms with van der Waals surface area (Å²) in [5.41, 5.74) is 0. The van der Waals surface area contributed by atoms with Crippen molar-refractivity contribution in [3.63, 3.8) is 0 Å². The average molecular weight is 204 g/mol. The van der Waals surface area contributed by atoms with E-state index in [1.54, 1.807) is 0 Å². The van der Waals surface area contributed by atoms with Crippen LogP contribution in [-0.2, 0) is 4.74 Å². The molecule has 0 aromatic rings. The molecule has 1 saturated heterocycles. The van der Waals surface area contributed by atoms with E-state index < -0.39 is 0 Å². The second-order valence-corrected chi connectivity index (χ2v) is 4.22. The molecule has 0 bridgehead atoms. The molecule has 0 aromatic carbocycles. The Balaban J connectivity index is 2.17. The van der Waals surface area contributed by atoms with Crippen LogP contribution in [0.5, 0.6) is 0 Å². The zero-order valence-electron chi connectivity index (χ0n) is 8.08. The minimum absolute atomic E-state index is 0.386. The van der Waals surface area contributed by atoms with Gasteiger partial charge < -0.3 is 4.74 Å². The van der Waals surface area contributed by atoms with Gasteiger partial charge in [0.25, 0.3) is 0 Å². The lowest BCUT2D eigenvalue weighted by molar-refractivity contribution is 0.178. The van der Waals surface area contributed by atoms with E-state index in [1.807, 2.05) is 0 Å². The highest BCUT2D eigenvalue weighted by Crippen LogP contribution is 2.20. The van der Waals surface area contributed by atoms with Crippen LogP contribution in [0.2, 0.25) is 0 Å². The number of amides is 1. The molecular weight excluding hydrogens is 188 g/mol. The Morgan fingerprint density at radius 1 is 1.69 bits per heavy atom. The first kappa shape index (κ1) is 10.7. The molecular formula is C8H16N2O2S. The molecule has 0 saturated carbocycles. The third-order valence-electron chi connectivity index (χ3n) is 2.06. The summed E-state index contributed by atoms with van der Waals surface area (Å²) >= 11 is 1.34. The number of nitrogens with zero attached hydrogens (tertiary/aromatic N) is 1. The van der Waals surface area contributed by atoms with Crippen molar-refractivity contribution in [2.45, 2.75) is 19.8 Å². The summed E-state index contributed by atoms with van der Waals surface area (Å²) in [7, 11) is 1.37. The van der Waals surface area contributed by atoms with Crippen LogP contribution >= 0.6 is 12.1 Å². The van der Waals surface area contributed by atoms with Gasteiger partial charge in [-0.05, 0) is 18.8 Å². The predicted octanol–water partition coefficient (Wildman–Crippen LogP) is 1.64. The monoisotopic (exact) mass is 204 g/mol. The van der Waals surface area contributed by atoms with E-state index in [1.165, 1.54) is 32.1 Å². The molecule has 1 heterocycles. The molecule has 4 nitrogen and oxygen atoms in total. The molecule has 1 N–H and O–H groups in total. The van der Waals surface area contributed by atoms with E-state index in [9.17, 15) is 4.79 Å². The molecule has 0 aromatic heterocycles. The summed E-state index contributed by atoms with van der Waals surface area (Å²) in [4.78, 5) is 10.8. The van der Waals surface area contributed by atoms with Crippen molar-refractivity contribution < 1.29 is 9.53 Å². The van der Waals surface area contributed by atoms with Gasteiger partial charge in [-0.1, -0.05) is 6.92 Å². The van der Waals surface area contributed by atoms with Gasteiger partial charge in [-0.3, -0.25) is 4.72 Å². The number of methoxy groups -OCH3 is 1. The van der Waals surface area contributed by atoms with Crippen LogP contribution in [0.3, 0.4) is 0 Å². The topological polar surface area (TPSA) is 41.6 Å². The Hall–Kier alpha value is -0.420. The number of nitrogens with one attached hydrogen (secondary N) is 1. The van der Waals surface area contributed by atoms with Crippen molar-refractivity contribution >= 4 is 18.2 Å². The highest BCUT2D eigenvalue weighted by atomic mass is 32.2. The number of carbonyl (C=O) groups is 1. The molecule has 1 amide bonds. The lowest BCUT2D eigenvalue weighted by Gasteiger charge is -2.28. The smallest absolute Gasteiger partial charge is 0.417 e. The van der Waals surface area contributed by atoms with Crippen LogP contribution in [0, 0.1) is 5.92 Å². The van der Waals surface area contributed by atoms with Gasteiger partial charge in [-0.15, -0.1) is 0 Å². The molecule has 0 aliphatic carbocycles. The summed E-state index contributed by atoms with van der Waals surface area (Å²) in [6.45, 7) is 4.30. The molecule has 1 fully saturated rings. The van der Waals surface area contributed by atoms with Gasteiger partial charge in [-0.2, -0.15) is 0 Å². The molecule has 5 heteroatoms. The number of piperidine rings is 1. The zero-order valence-corrected chi connectivity index (χ0v) is 8.89. The van der Waals surface area contributed by atoms with Gasteiger partial charge in [0.1, 0.15) is 0 Å². The Kier molecular flexibility index (Phi) is 4.38. The van der Waals surface area contributed by atoms with Gasteiger partial charge in [-0.25, -0.2) is 9.10 Å². The minimum Gasteiger partial charge on any atom is -0.452 e. The molecule has 1 atom stereocenters. The number of hydrogen-bond donors (Lipinski definition) is 1. The van der Waals surface area contributed by atoms with Gasteiger partial charge in [0.05, 0.1) is 7.11 Å². The van der Waals surface area contributed by atoms with Gasteiger partial charge >= 0.3 is 6.09 Å². The molecule has 1 unspecified atom stereocenters. The lowest BCUT2D eigenvalue weighted by Crippen LogP contribution is -2.32. The summed E-state index contributed by atoms with van der Waals surface area (Å²) < 4.78 is 9.23. The van der Waals surface area contributed by atoms with Crippen molar-refractivity contribution in [1.29, 1.82) is 0 Å². The van der Waals surface area contributed by atoms with Crippen LogP contribution in [0.25, 0.3) is 0 Å². The van der Waals surface area contributed by atoms with Crippen LogP contribution in [0.15, 0.2) is 0 Å². The van der Waals surface area contributed by atoms with Crippen molar-refractivity contribution in [2.75, 3.05) is 20.2 Å². The van der Waals surface area contributed by atoms with Crippen molar-refractivity contribution in [3.05, 3.63) is 0 Å². The zero-order chi connectivity index (χ0) is 9.68. The van der Waals surface area contributed by atoms with E-state index in [0.29, 0.717) is 0 Å². The van der Waals surface area contributed by atoms with E-state index in [2.05, 4.69) is 20.7 Å². The first-order chi connectivity index (χ1) is 6.22. The fourth-order valence-corrected chi connectivity index (χ4v) is 2.21. The van der Waals surface area contributed by atoms with E-state index >= 15 is 0 Å². The summed E-state index contributed by atoms with van der Waals surface area (Å²) in [5.74, 6) is 0.723. The maximum atomic E-state index is 10.8. The van der Waals surface area contributed by atoms with Crippen molar-refractivity contribution in [1.82, 2.24) is 9.03 Å². The SMILES string of the molecule is COC(=O)NSN1CCCC(C)C1. The largest absolute Gasteiger partial charge is 0.452 e. The molecule has 1 rings (SSSR count). The third kappa shape index (κ3) is 3.87. The van der Waals surface area contributed by atoms with Crippen LogP contribution in [0.1, 0.15) is 19.8 Å². The molecule has 76 valence electrons.